The van der Waals surface area contributed by atoms with Crippen molar-refractivity contribution < 1.29 is 0 Å². The number of thioether (sulfide) groups is 1. The van der Waals surface area contributed by atoms with Gasteiger partial charge in [0.2, 0.25) is 0 Å². The molecule has 0 aliphatic rings. The molecule has 0 amide bonds. The highest BCUT2D eigenvalue weighted by Gasteiger charge is 2.49. The molecule has 0 bridgehead atoms. The average Bonchev–Trinajstić information content (AvgIpc) is 3.72. The monoisotopic (exact) mass is 634 g/mol. The Labute approximate surface area is 262 Å². The van der Waals surface area contributed by atoms with Crippen LogP contribution in [-0.2, 0) is 9.74 Å². The molecule has 204 valence electrons. The minimum Gasteiger partial charge on any atom is -0.314 e. The lowest BCUT2D eigenvalue weighted by Gasteiger charge is -2.45. The van der Waals surface area contributed by atoms with Crippen LogP contribution in [0.1, 0.15) is 22.3 Å². The lowest BCUT2D eigenvalue weighted by molar-refractivity contribution is 0.565. The summed E-state index contributed by atoms with van der Waals surface area (Å²) in [5.41, 5.74) is 3.94. The van der Waals surface area contributed by atoms with Crippen LogP contribution >= 0.6 is 58.2 Å². The Balaban J connectivity index is 1.74. The molecule has 0 N–H and O–H groups in total. The van der Waals surface area contributed by atoms with Gasteiger partial charge in [-0.05, 0) is 70.8 Å². The van der Waals surface area contributed by atoms with Crippen LogP contribution in [0.2, 0.25) is 20.1 Å². The van der Waals surface area contributed by atoms with Crippen LogP contribution in [0.25, 0.3) is 0 Å². The first-order valence-corrected chi connectivity index (χ1v) is 15.0. The number of hydrogen-bond acceptors (Lipinski definition) is 3. The van der Waals surface area contributed by atoms with Gasteiger partial charge < -0.3 is 9.13 Å². The third kappa shape index (κ3) is 5.18. The first-order chi connectivity index (χ1) is 19.9. The van der Waals surface area contributed by atoms with Crippen molar-refractivity contribution in [1.82, 2.24) is 19.1 Å². The Hall–Kier alpha value is -3.19. The maximum absolute atomic E-state index is 6.41. The molecule has 0 unspecified atom stereocenters. The average molecular weight is 636 g/mol. The van der Waals surface area contributed by atoms with E-state index in [0.717, 1.165) is 22.3 Å². The van der Waals surface area contributed by atoms with Gasteiger partial charge >= 0.3 is 0 Å². The zero-order chi connectivity index (χ0) is 28.5. The van der Waals surface area contributed by atoms with Gasteiger partial charge in [0.25, 0.3) is 0 Å². The molecule has 0 saturated carbocycles. The van der Waals surface area contributed by atoms with Crippen LogP contribution in [0, 0.1) is 0 Å². The van der Waals surface area contributed by atoms with Crippen molar-refractivity contribution in [3.8, 4) is 0 Å². The lowest BCUT2D eigenvalue weighted by Crippen LogP contribution is -2.42. The summed E-state index contributed by atoms with van der Waals surface area (Å²) in [6.07, 6.45) is 11.2. The third-order valence-electron chi connectivity index (χ3n) is 6.97. The first kappa shape index (κ1) is 28.0. The summed E-state index contributed by atoms with van der Waals surface area (Å²) in [4.78, 5) is 7.23. The van der Waals surface area contributed by atoms with Crippen LogP contribution in [0.4, 0.5) is 0 Å². The van der Waals surface area contributed by atoms with Gasteiger partial charge in [0.1, 0.15) is 9.74 Å². The molecule has 4 nitrogen and oxygen atoms in total. The van der Waals surface area contributed by atoms with E-state index in [1.807, 2.05) is 122 Å². The van der Waals surface area contributed by atoms with Gasteiger partial charge in [-0.2, -0.15) is 0 Å². The van der Waals surface area contributed by atoms with Crippen LogP contribution in [0.15, 0.2) is 135 Å². The number of nitrogens with zero attached hydrogens (tertiary/aromatic N) is 4. The number of benzene rings is 4. The smallest absolute Gasteiger partial charge is 0.145 e. The van der Waals surface area contributed by atoms with Crippen LogP contribution in [0.5, 0.6) is 0 Å². The second kappa shape index (κ2) is 11.6. The van der Waals surface area contributed by atoms with Gasteiger partial charge in [-0.15, -0.1) is 0 Å². The van der Waals surface area contributed by atoms with Gasteiger partial charge in [-0.1, -0.05) is 107 Å². The number of hydrogen-bond donors (Lipinski definition) is 0. The largest absolute Gasteiger partial charge is 0.314 e. The first-order valence-electron chi connectivity index (χ1n) is 12.6. The summed E-state index contributed by atoms with van der Waals surface area (Å²) in [6, 6.07) is 31.6. The molecule has 9 heteroatoms. The molecule has 6 rings (SSSR count). The van der Waals surface area contributed by atoms with E-state index >= 15 is 0 Å². The molecule has 4 aromatic carbocycles. The highest BCUT2D eigenvalue weighted by Crippen LogP contribution is 2.57. The van der Waals surface area contributed by atoms with E-state index in [0.29, 0.717) is 20.1 Å². The van der Waals surface area contributed by atoms with Gasteiger partial charge in [-0.3, -0.25) is 0 Å². The number of aromatic nitrogens is 4. The van der Waals surface area contributed by atoms with E-state index in [-0.39, 0.29) is 0 Å². The molecular formula is C32H22Cl4N4S. The summed E-state index contributed by atoms with van der Waals surface area (Å²) in [6.45, 7) is 0. The van der Waals surface area contributed by atoms with Crippen molar-refractivity contribution >= 4 is 58.2 Å². The van der Waals surface area contributed by atoms with Crippen molar-refractivity contribution in [2.24, 2.45) is 0 Å². The van der Waals surface area contributed by atoms with E-state index in [4.69, 9.17) is 46.4 Å². The zero-order valence-corrected chi connectivity index (χ0v) is 25.3. The Bertz CT molecular complexity index is 1500. The molecule has 0 saturated heterocycles. The standard InChI is InChI=1S/C32H22Cl4N4S/c33-27-9-1-23(2-10-27)31(39-19-17-37-21-39,24-3-11-28(34)12-4-24)41-32(40-20-18-38-22-40,25-5-13-29(35)14-6-25)26-7-15-30(36)16-8-26/h1-22H. The van der Waals surface area contributed by atoms with Gasteiger partial charge in [0, 0.05) is 44.9 Å². The summed E-state index contributed by atoms with van der Waals surface area (Å²) in [7, 11) is 0. The fourth-order valence-corrected chi connectivity index (χ4v) is 7.45. The molecule has 0 aliphatic heterocycles. The molecule has 0 atom stereocenters. The highest BCUT2D eigenvalue weighted by molar-refractivity contribution is 8.01. The van der Waals surface area contributed by atoms with Crippen molar-refractivity contribution in [2.75, 3.05) is 0 Å². The Morgan fingerprint density at radius 2 is 0.707 bits per heavy atom. The maximum atomic E-state index is 6.41. The molecule has 0 spiro atoms. The van der Waals surface area contributed by atoms with E-state index in [2.05, 4.69) is 19.1 Å². The van der Waals surface area contributed by atoms with Gasteiger partial charge in [0.15, 0.2) is 0 Å². The molecule has 41 heavy (non-hydrogen) atoms. The van der Waals surface area contributed by atoms with E-state index in [1.54, 1.807) is 24.2 Å². The van der Waals surface area contributed by atoms with E-state index in [9.17, 15) is 0 Å². The minimum absolute atomic E-state index is 0.644. The topological polar surface area (TPSA) is 35.6 Å². The lowest BCUT2D eigenvalue weighted by atomic mass is 9.96. The van der Waals surface area contributed by atoms with E-state index in [1.165, 1.54) is 0 Å². The molecule has 6 aromatic rings. The molecular weight excluding hydrogens is 614 g/mol. The van der Waals surface area contributed by atoms with Gasteiger partial charge in [0.05, 0.1) is 12.7 Å². The fraction of sp³-hybridized carbons (Fsp3) is 0.0625. The molecule has 0 aliphatic carbocycles. The van der Waals surface area contributed by atoms with Crippen LogP contribution < -0.4 is 0 Å². The second-order valence-electron chi connectivity index (χ2n) is 9.36. The molecule has 2 heterocycles. The zero-order valence-electron chi connectivity index (χ0n) is 21.4. The summed E-state index contributed by atoms with van der Waals surface area (Å²) in [5.74, 6) is 0. The predicted octanol–water partition coefficient (Wildman–Crippen LogP) is 9.63. The highest BCUT2D eigenvalue weighted by atomic mass is 35.5. The van der Waals surface area contributed by atoms with Crippen molar-refractivity contribution in [1.29, 1.82) is 0 Å². The molecule has 2 aromatic heterocycles. The normalized spacial score (nSPS) is 12.0. The Morgan fingerprint density at radius 3 is 0.927 bits per heavy atom. The maximum Gasteiger partial charge on any atom is 0.145 e. The van der Waals surface area contributed by atoms with Crippen LogP contribution in [-0.4, -0.2) is 19.1 Å². The number of halogens is 4. The van der Waals surface area contributed by atoms with Crippen molar-refractivity contribution in [3.05, 3.63) is 177 Å². The minimum atomic E-state index is -0.866. The quantitative estimate of drug-likeness (QED) is 0.167. The number of imidazole rings is 2. The Morgan fingerprint density at radius 1 is 0.439 bits per heavy atom. The summed E-state index contributed by atoms with van der Waals surface area (Å²) in [5, 5.41) is 2.58. The molecule has 0 radical (unpaired) electrons. The van der Waals surface area contributed by atoms with Crippen molar-refractivity contribution in [3.63, 3.8) is 0 Å². The molecule has 0 fully saturated rings. The Kier molecular flexibility index (Phi) is 7.90. The SMILES string of the molecule is Clc1ccc(C(SC(c2ccc(Cl)cc2)(c2ccc(Cl)cc2)n2ccnc2)(c2ccc(Cl)cc2)n2ccnc2)cc1. The third-order valence-corrected chi connectivity index (χ3v) is 9.94. The van der Waals surface area contributed by atoms with Crippen molar-refractivity contribution in [2.45, 2.75) is 9.74 Å². The van der Waals surface area contributed by atoms with Crippen LogP contribution in [0.3, 0.4) is 0 Å². The summed E-state index contributed by atoms with van der Waals surface area (Å²) >= 11 is 27.3. The number of rotatable bonds is 8. The second-order valence-corrected chi connectivity index (χ2v) is 12.5. The summed E-state index contributed by atoms with van der Waals surface area (Å²) < 4.78 is 4.23. The predicted molar refractivity (Wildman–Crippen MR) is 170 cm³/mol. The van der Waals surface area contributed by atoms with Gasteiger partial charge in [-0.25, -0.2) is 9.97 Å². The fourth-order valence-electron chi connectivity index (χ4n) is 5.08. The van der Waals surface area contributed by atoms with E-state index < -0.39 is 9.74 Å².